The van der Waals surface area contributed by atoms with Gasteiger partial charge in [-0.1, -0.05) is 6.07 Å². The highest BCUT2D eigenvalue weighted by Crippen LogP contribution is 2.38. The maximum Gasteiger partial charge on any atom is 0.225 e. The lowest BCUT2D eigenvalue weighted by molar-refractivity contribution is -0.135. The second-order valence-corrected chi connectivity index (χ2v) is 10.2. The fourth-order valence-corrected chi connectivity index (χ4v) is 5.49. The number of rotatable bonds is 6. The van der Waals surface area contributed by atoms with Gasteiger partial charge in [0.1, 0.15) is 6.10 Å². The van der Waals surface area contributed by atoms with Gasteiger partial charge in [0.25, 0.3) is 0 Å². The summed E-state index contributed by atoms with van der Waals surface area (Å²) in [5, 5.41) is 8.41. The molecule has 0 saturated carbocycles. The average molecular weight is 523 g/mol. The highest BCUT2D eigenvalue weighted by molar-refractivity contribution is 5.79. The Hall–Kier alpha value is -3.82. The fourth-order valence-electron chi connectivity index (χ4n) is 5.49. The highest BCUT2D eigenvalue weighted by atomic mass is 19.2. The lowest BCUT2D eigenvalue weighted by atomic mass is 9.85. The van der Waals surface area contributed by atoms with E-state index in [2.05, 4.69) is 20.1 Å². The smallest absolute Gasteiger partial charge is 0.225 e. The topological polar surface area (TPSA) is 97.5 Å². The number of aromatic nitrogens is 3. The molecule has 0 radical (unpaired) electrons. The maximum absolute atomic E-state index is 14.2. The van der Waals surface area contributed by atoms with Crippen LogP contribution in [0.3, 0.4) is 0 Å². The van der Waals surface area contributed by atoms with Gasteiger partial charge in [-0.3, -0.25) is 4.79 Å². The number of carbonyl (C=O) groups excluding carboxylic acids is 1. The van der Waals surface area contributed by atoms with E-state index in [1.807, 2.05) is 30.9 Å². The van der Waals surface area contributed by atoms with Crippen molar-refractivity contribution < 1.29 is 18.3 Å². The summed E-state index contributed by atoms with van der Waals surface area (Å²) in [5.41, 5.74) is 7.78. The molecule has 2 N–H and O–H groups in total. The second-order valence-electron chi connectivity index (χ2n) is 10.2. The lowest BCUT2D eigenvalue weighted by Crippen LogP contribution is -2.42. The summed E-state index contributed by atoms with van der Waals surface area (Å²) in [6.07, 6.45) is 2.62. The van der Waals surface area contributed by atoms with Crippen molar-refractivity contribution in [3.63, 3.8) is 0 Å². The molecule has 2 aliphatic heterocycles. The second kappa shape index (κ2) is 10.9. The van der Waals surface area contributed by atoms with Crippen molar-refractivity contribution >= 4 is 17.4 Å². The minimum atomic E-state index is -0.897. The molecule has 2 aliphatic rings. The summed E-state index contributed by atoms with van der Waals surface area (Å²) < 4.78 is 34.0. The maximum atomic E-state index is 14.2. The van der Waals surface area contributed by atoms with E-state index in [0.29, 0.717) is 43.1 Å². The van der Waals surface area contributed by atoms with Gasteiger partial charge in [0.15, 0.2) is 17.5 Å². The molecular weight excluding hydrogens is 490 g/mol. The number of pyridine rings is 1. The zero-order chi connectivity index (χ0) is 26.8. The van der Waals surface area contributed by atoms with E-state index in [9.17, 15) is 13.6 Å². The summed E-state index contributed by atoms with van der Waals surface area (Å²) >= 11 is 0. The third-order valence-electron chi connectivity index (χ3n) is 7.67. The molecule has 2 aromatic heterocycles. The molecule has 1 aromatic carbocycles. The molecule has 3 aromatic rings. The summed E-state index contributed by atoms with van der Waals surface area (Å²) in [4.78, 5) is 21.9. The molecule has 0 spiro atoms. The Labute approximate surface area is 220 Å². The van der Waals surface area contributed by atoms with Crippen molar-refractivity contribution in [3.05, 3.63) is 71.6 Å². The lowest BCUT2D eigenvalue weighted by Gasteiger charge is -2.33. The molecule has 3 atom stereocenters. The Balaban J connectivity index is 1.30. The van der Waals surface area contributed by atoms with Crippen LogP contribution in [-0.2, 0) is 4.79 Å². The number of amides is 1. The number of ether oxygens (including phenoxy) is 1. The minimum Gasteiger partial charge on any atom is -0.474 e. The molecule has 2 saturated heterocycles. The number of aryl methyl sites for hydroxylation is 1. The molecule has 3 unspecified atom stereocenters. The van der Waals surface area contributed by atoms with Crippen molar-refractivity contribution in [2.45, 2.75) is 38.7 Å². The van der Waals surface area contributed by atoms with Crippen molar-refractivity contribution in [1.82, 2.24) is 20.1 Å². The van der Waals surface area contributed by atoms with Crippen LogP contribution in [0.4, 0.5) is 20.3 Å². The van der Waals surface area contributed by atoms with Crippen LogP contribution >= 0.6 is 0 Å². The number of benzene rings is 1. The van der Waals surface area contributed by atoms with Gasteiger partial charge >= 0.3 is 0 Å². The Kier molecular flexibility index (Phi) is 7.40. The molecule has 10 heteroatoms. The molecule has 4 heterocycles. The zero-order valence-electron chi connectivity index (χ0n) is 21.6. The monoisotopic (exact) mass is 522 g/mol. The van der Waals surface area contributed by atoms with E-state index < -0.39 is 11.6 Å². The first-order valence-corrected chi connectivity index (χ1v) is 13.0. The Morgan fingerprint density at radius 2 is 1.84 bits per heavy atom. The van der Waals surface area contributed by atoms with Gasteiger partial charge in [-0.05, 0) is 62.6 Å². The summed E-state index contributed by atoms with van der Waals surface area (Å²) in [6.45, 7) is 6.14. The van der Waals surface area contributed by atoms with Gasteiger partial charge in [-0.2, -0.15) is 5.10 Å². The van der Waals surface area contributed by atoms with Gasteiger partial charge in [0.05, 0.1) is 17.6 Å². The number of anilines is 2. The largest absolute Gasteiger partial charge is 0.474 e. The van der Waals surface area contributed by atoms with Gasteiger partial charge in [0, 0.05) is 50.0 Å². The fraction of sp³-hybridized carbons (Fsp3) is 0.429. The van der Waals surface area contributed by atoms with Crippen LogP contribution in [0.2, 0.25) is 0 Å². The van der Waals surface area contributed by atoms with Gasteiger partial charge in [-0.15, -0.1) is 5.10 Å². The van der Waals surface area contributed by atoms with Crippen molar-refractivity contribution in [3.8, 4) is 5.88 Å². The molecule has 1 amide bonds. The molecule has 200 valence electrons. The number of hydrogen-bond acceptors (Lipinski definition) is 7. The van der Waals surface area contributed by atoms with Crippen molar-refractivity contribution in [2.75, 3.05) is 36.8 Å². The van der Waals surface area contributed by atoms with E-state index >= 15 is 0 Å². The van der Waals surface area contributed by atoms with Crippen LogP contribution in [0.1, 0.15) is 36.9 Å². The number of carbonyl (C=O) groups is 1. The average Bonchev–Trinajstić information content (AvgIpc) is 3.37. The Bertz CT molecular complexity index is 1270. The third kappa shape index (κ3) is 5.54. The highest BCUT2D eigenvalue weighted by Gasteiger charge is 2.42. The molecule has 2 fully saturated rings. The Morgan fingerprint density at radius 1 is 1.05 bits per heavy atom. The standard InChI is InChI=1S/C28H32F2N6O2/c1-17-3-7-26(34-33-17)35-11-9-19(10-12-35)28(37)36-15-22(18(2)38-27-8-5-21(31)14-32-27)23(16-36)20-4-6-24(29)25(30)13-20/h3-8,13-14,18-19,22-23H,9-12,15-16,31H2,1-2H3. The SMILES string of the molecule is Cc1ccc(N2CCC(C(=O)N3CC(c4ccc(F)c(F)c4)C(C(C)Oc4ccc(N)cn4)C3)CC2)nn1. The quantitative estimate of drug-likeness (QED) is 0.523. The predicted octanol–water partition coefficient (Wildman–Crippen LogP) is 3.97. The molecule has 38 heavy (non-hydrogen) atoms. The summed E-state index contributed by atoms with van der Waals surface area (Å²) in [6, 6.07) is 11.3. The summed E-state index contributed by atoms with van der Waals surface area (Å²) in [7, 11) is 0. The molecule has 0 aliphatic carbocycles. The van der Waals surface area contributed by atoms with Crippen LogP contribution in [0.5, 0.6) is 5.88 Å². The number of piperidine rings is 1. The van der Waals surface area contributed by atoms with E-state index in [1.54, 1.807) is 18.2 Å². The Morgan fingerprint density at radius 3 is 2.50 bits per heavy atom. The number of nitrogens with zero attached hydrogens (tertiary/aromatic N) is 5. The van der Waals surface area contributed by atoms with Gasteiger partial charge in [-0.25, -0.2) is 13.8 Å². The summed E-state index contributed by atoms with van der Waals surface area (Å²) in [5.74, 6) is -0.901. The predicted molar refractivity (Wildman–Crippen MR) is 140 cm³/mol. The van der Waals surface area contributed by atoms with E-state index in [-0.39, 0.29) is 29.8 Å². The number of nitrogens with two attached hydrogens (primary N) is 1. The molecule has 0 bridgehead atoms. The van der Waals surface area contributed by atoms with Crippen molar-refractivity contribution in [2.24, 2.45) is 11.8 Å². The van der Waals surface area contributed by atoms with E-state index in [4.69, 9.17) is 10.5 Å². The zero-order valence-corrected chi connectivity index (χ0v) is 21.6. The van der Waals surface area contributed by atoms with Crippen molar-refractivity contribution in [1.29, 1.82) is 0 Å². The molecular formula is C28H32F2N6O2. The first kappa shape index (κ1) is 25.8. The molecule has 5 rings (SSSR count). The van der Waals surface area contributed by atoms with E-state index in [0.717, 1.165) is 30.7 Å². The van der Waals surface area contributed by atoms with Crippen LogP contribution in [-0.4, -0.2) is 58.3 Å². The normalized spacial score (nSPS) is 20.9. The number of likely N-dealkylation sites (tertiary alicyclic amines) is 1. The third-order valence-corrected chi connectivity index (χ3v) is 7.67. The number of halogens is 2. The number of nitrogen functional groups attached to an aromatic ring is 1. The van der Waals surface area contributed by atoms with Crippen LogP contribution in [0.15, 0.2) is 48.7 Å². The van der Waals surface area contributed by atoms with Gasteiger partial charge < -0.3 is 20.3 Å². The molecule has 8 nitrogen and oxygen atoms in total. The van der Waals surface area contributed by atoms with Crippen LogP contribution in [0.25, 0.3) is 0 Å². The number of hydrogen-bond donors (Lipinski definition) is 1. The van der Waals surface area contributed by atoms with Gasteiger partial charge in [0.2, 0.25) is 11.8 Å². The minimum absolute atomic E-state index is 0.0903. The first-order valence-electron chi connectivity index (χ1n) is 13.0. The van der Waals surface area contributed by atoms with Crippen LogP contribution < -0.4 is 15.4 Å². The van der Waals surface area contributed by atoms with Crippen LogP contribution in [0, 0.1) is 30.4 Å². The first-order chi connectivity index (χ1) is 18.3. The van der Waals surface area contributed by atoms with E-state index in [1.165, 1.54) is 12.3 Å².